The molecule has 0 aliphatic carbocycles. The number of halogens is 1. The molecule has 0 spiro atoms. The van der Waals surface area contributed by atoms with Gasteiger partial charge in [0.2, 0.25) is 0 Å². The number of allylic oxidation sites excluding steroid dienone is 4. The van der Waals surface area contributed by atoms with E-state index in [0.29, 0.717) is 0 Å². The van der Waals surface area contributed by atoms with Crippen molar-refractivity contribution in [2.75, 3.05) is 4.93 Å². The van der Waals surface area contributed by atoms with Crippen molar-refractivity contribution in [3.8, 4) is 11.4 Å². The molecule has 0 saturated heterocycles. The van der Waals surface area contributed by atoms with Crippen molar-refractivity contribution in [1.82, 2.24) is 15.0 Å². The molecule has 0 radical (unpaired) electrons. The van der Waals surface area contributed by atoms with E-state index < -0.39 is 0 Å². The zero-order valence-electron chi connectivity index (χ0n) is 11.8. The summed E-state index contributed by atoms with van der Waals surface area (Å²) in [5, 5.41) is 0. The summed E-state index contributed by atoms with van der Waals surface area (Å²) in [4.78, 5) is 15.9. The summed E-state index contributed by atoms with van der Waals surface area (Å²) in [5.74, 6) is 1.54. The van der Waals surface area contributed by atoms with E-state index in [1.165, 1.54) is 0 Å². The van der Waals surface area contributed by atoms with Gasteiger partial charge in [0.05, 0.1) is 0 Å². The third-order valence-corrected chi connectivity index (χ3v) is 4.15. The zero-order valence-corrected chi connectivity index (χ0v) is 14.0. The second kappa shape index (κ2) is 7.28. The van der Waals surface area contributed by atoms with Crippen LogP contribution in [0.2, 0.25) is 0 Å². The van der Waals surface area contributed by atoms with Crippen LogP contribution in [0.15, 0.2) is 48.6 Å². The molecule has 2 rings (SSSR count). The summed E-state index contributed by atoms with van der Waals surface area (Å²) >= 11 is -0.163. The van der Waals surface area contributed by atoms with Crippen LogP contribution >= 0.6 is 0 Å². The Bertz CT molecular complexity index is 633. The van der Waals surface area contributed by atoms with Crippen molar-refractivity contribution in [2.45, 2.75) is 13.8 Å². The molecule has 0 unspecified atom stereocenters. The van der Waals surface area contributed by atoms with Crippen LogP contribution in [0.1, 0.15) is 19.7 Å². The molecule has 3 nitrogen and oxygen atoms in total. The zero-order chi connectivity index (χ0) is 14.4. The van der Waals surface area contributed by atoms with E-state index in [-0.39, 0.29) is 21.2 Å². The summed E-state index contributed by atoms with van der Waals surface area (Å²) in [6.07, 6.45) is 6.03. The number of alkyl halides is 1. The fraction of sp³-hybridized carbons (Fsp3) is 0.188. The standard InChI is InChI=1S/C16H17IN3/c1-4-5-9-12(2)14-18-15(20-16(17-3)19-14)13-10-7-6-8-11-13/h4-11H,1-3H3/q-1/b5-4-,12-9+. The molecule has 0 saturated carbocycles. The van der Waals surface area contributed by atoms with E-state index in [4.69, 9.17) is 0 Å². The summed E-state index contributed by atoms with van der Waals surface area (Å²) in [6.45, 7) is 4.03. The first kappa shape index (κ1) is 14.8. The van der Waals surface area contributed by atoms with Gasteiger partial charge in [0, 0.05) is 0 Å². The van der Waals surface area contributed by atoms with Crippen LogP contribution in [0, 0.1) is 3.83 Å². The van der Waals surface area contributed by atoms with Crippen molar-refractivity contribution < 1.29 is 21.2 Å². The normalized spacial score (nSPS) is 12.2. The number of rotatable bonds is 4. The quantitative estimate of drug-likeness (QED) is 0.440. The molecule has 0 N–H and O–H groups in total. The summed E-state index contributed by atoms with van der Waals surface area (Å²) in [6, 6.07) is 10.1. The summed E-state index contributed by atoms with van der Waals surface area (Å²) in [7, 11) is 0. The molecule has 0 amide bonds. The Morgan fingerprint density at radius 1 is 1.10 bits per heavy atom. The maximum atomic E-state index is 4.60. The average molecular weight is 378 g/mol. The fourth-order valence-electron chi connectivity index (χ4n) is 1.64. The first-order valence-electron chi connectivity index (χ1n) is 6.35. The summed E-state index contributed by atoms with van der Waals surface area (Å²) < 4.78 is 0.931. The molecular formula is C16H17IN3-. The Balaban J connectivity index is 2.50. The van der Waals surface area contributed by atoms with Crippen molar-refractivity contribution in [3.63, 3.8) is 0 Å². The van der Waals surface area contributed by atoms with Gasteiger partial charge in [0.15, 0.2) is 0 Å². The Kier molecular flexibility index (Phi) is 5.40. The number of aromatic nitrogens is 3. The average Bonchev–Trinajstić information content (AvgIpc) is 2.52. The predicted molar refractivity (Wildman–Crippen MR) is 78.3 cm³/mol. The number of nitrogens with zero attached hydrogens (tertiary/aromatic N) is 3. The molecule has 20 heavy (non-hydrogen) atoms. The van der Waals surface area contributed by atoms with E-state index >= 15 is 0 Å². The van der Waals surface area contributed by atoms with Crippen LogP contribution in [0.25, 0.3) is 17.0 Å². The second-order valence-corrected chi connectivity index (χ2v) is 6.23. The number of benzene rings is 1. The van der Waals surface area contributed by atoms with Crippen LogP contribution in [-0.2, 0) is 0 Å². The van der Waals surface area contributed by atoms with Gasteiger partial charge in [0.25, 0.3) is 0 Å². The van der Waals surface area contributed by atoms with Crippen LogP contribution in [0.4, 0.5) is 0 Å². The molecule has 0 fully saturated rings. The van der Waals surface area contributed by atoms with Gasteiger partial charge in [-0.1, -0.05) is 0 Å². The van der Waals surface area contributed by atoms with Crippen molar-refractivity contribution in [3.05, 3.63) is 58.2 Å². The number of hydrogen-bond acceptors (Lipinski definition) is 3. The van der Waals surface area contributed by atoms with Gasteiger partial charge in [-0.2, -0.15) is 0 Å². The molecule has 1 heterocycles. The van der Waals surface area contributed by atoms with Crippen LogP contribution in [-0.4, -0.2) is 19.9 Å². The third-order valence-electron chi connectivity index (χ3n) is 2.70. The van der Waals surface area contributed by atoms with Gasteiger partial charge in [-0.15, -0.1) is 0 Å². The van der Waals surface area contributed by atoms with Crippen LogP contribution in [0.5, 0.6) is 0 Å². The van der Waals surface area contributed by atoms with E-state index in [9.17, 15) is 0 Å². The maximum absolute atomic E-state index is 4.60. The molecule has 0 aliphatic rings. The monoisotopic (exact) mass is 378 g/mol. The van der Waals surface area contributed by atoms with Crippen LogP contribution in [0.3, 0.4) is 0 Å². The van der Waals surface area contributed by atoms with Gasteiger partial charge in [-0.25, -0.2) is 0 Å². The number of hydrogen-bond donors (Lipinski definition) is 0. The van der Waals surface area contributed by atoms with Gasteiger partial charge in [0.1, 0.15) is 0 Å². The first-order chi connectivity index (χ1) is 9.74. The third kappa shape index (κ3) is 3.72. The Morgan fingerprint density at radius 2 is 1.85 bits per heavy atom. The molecule has 0 atom stereocenters. The predicted octanol–water partition coefficient (Wildman–Crippen LogP) is 0.406. The van der Waals surface area contributed by atoms with Crippen molar-refractivity contribution >= 4 is 5.57 Å². The van der Waals surface area contributed by atoms with Crippen LogP contribution < -0.4 is 21.2 Å². The van der Waals surface area contributed by atoms with Gasteiger partial charge in [-0.05, 0) is 0 Å². The minimum absolute atomic E-state index is 0.163. The fourth-order valence-corrected chi connectivity index (χ4v) is 2.58. The van der Waals surface area contributed by atoms with E-state index in [1.807, 2.05) is 62.4 Å². The van der Waals surface area contributed by atoms with E-state index in [1.54, 1.807) is 0 Å². The first-order valence-corrected chi connectivity index (χ1v) is 9.59. The van der Waals surface area contributed by atoms with Crippen molar-refractivity contribution in [2.24, 2.45) is 0 Å². The Morgan fingerprint density at radius 3 is 2.50 bits per heavy atom. The molecule has 1 aromatic carbocycles. The second-order valence-electron chi connectivity index (χ2n) is 4.18. The van der Waals surface area contributed by atoms with Gasteiger partial charge < -0.3 is 0 Å². The molecule has 4 heteroatoms. The molecule has 0 aliphatic heterocycles. The topological polar surface area (TPSA) is 38.7 Å². The Hall–Kier alpha value is -1.56. The minimum atomic E-state index is -0.163. The molecule has 2 aromatic rings. The van der Waals surface area contributed by atoms with Crippen molar-refractivity contribution in [1.29, 1.82) is 0 Å². The molecular weight excluding hydrogens is 361 g/mol. The molecule has 1 aromatic heterocycles. The van der Waals surface area contributed by atoms with Gasteiger partial charge >= 0.3 is 130 Å². The summed E-state index contributed by atoms with van der Waals surface area (Å²) in [5.41, 5.74) is 2.09. The Labute approximate surface area is 130 Å². The molecule has 0 bridgehead atoms. The SMILES string of the molecule is C/C=C\C=C(/C)c1nc([I-]C)nc(-c2ccccc2)n1. The van der Waals surface area contributed by atoms with Gasteiger partial charge in [-0.3, -0.25) is 0 Å². The molecule has 104 valence electrons. The van der Waals surface area contributed by atoms with E-state index in [2.05, 4.69) is 19.9 Å². The van der Waals surface area contributed by atoms with E-state index in [0.717, 1.165) is 26.6 Å².